The Morgan fingerprint density at radius 3 is 2.68 bits per heavy atom. The van der Waals surface area contributed by atoms with E-state index in [1.807, 2.05) is 43.3 Å². The Labute approximate surface area is 130 Å². The normalized spacial score (nSPS) is 11.7. The number of nitrogens with zero attached hydrogens (tertiary/aromatic N) is 1. The number of carbonyl (C=O) groups is 1. The van der Waals surface area contributed by atoms with Crippen molar-refractivity contribution in [1.29, 1.82) is 0 Å². The van der Waals surface area contributed by atoms with E-state index >= 15 is 0 Å². The average Bonchev–Trinajstić information content (AvgIpc) is 2.53. The van der Waals surface area contributed by atoms with Gasteiger partial charge in [-0.1, -0.05) is 36.4 Å². The molecule has 0 spiro atoms. The zero-order valence-electron chi connectivity index (χ0n) is 12.6. The van der Waals surface area contributed by atoms with Crippen LogP contribution >= 0.6 is 0 Å². The quantitative estimate of drug-likeness (QED) is 0.761. The molecule has 2 aromatic rings. The summed E-state index contributed by atoms with van der Waals surface area (Å²) in [4.78, 5) is 16.0. The van der Waals surface area contributed by atoms with Gasteiger partial charge in [0.25, 0.3) is 0 Å². The van der Waals surface area contributed by atoms with E-state index in [9.17, 15) is 9.90 Å². The number of pyridine rings is 1. The molecular weight excluding hydrogens is 278 g/mol. The summed E-state index contributed by atoms with van der Waals surface area (Å²) in [6.07, 6.45) is 4.09. The minimum absolute atomic E-state index is 0.103. The predicted molar refractivity (Wildman–Crippen MR) is 85.4 cm³/mol. The first-order valence-corrected chi connectivity index (χ1v) is 7.27. The van der Waals surface area contributed by atoms with Gasteiger partial charge in [-0.05, 0) is 30.0 Å². The number of aliphatic hydroxyl groups excluding tert-OH is 1. The van der Waals surface area contributed by atoms with Crippen molar-refractivity contribution in [3.63, 3.8) is 0 Å². The predicted octanol–water partition coefficient (Wildman–Crippen LogP) is 1.79. The highest BCUT2D eigenvalue weighted by Gasteiger charge is 2.11. The number of urea groups is 1. The van der Waals surface area contributed by atoms with Gasteiger partial charge in [0.2, 0.25) is 0 Å². The van der Waals surface area contributed by atoms with E-state index in [0.29, 0.717) is 13.0 Å². The van der Waals surface area contributed by atoms with Crippen LogP contribution in [0.1, 0.15) is 16.7 Å². The van der Waals surface area contributed by atoms with Crippen molar-refractivity contribution in [2.24, 2.45) is 0 Å². The lowest BCUT2D eigenvalue weighted by Gasteiger charge is -2.17. The molecule has 116 valence electrons. The minimum Gasteiger partial charge on any atom is -0.394 e. The highest BCUT2D eigenvalue weighted by Crippen LogP contribution is 2.03. The van der Waals surface area contributed by atoms with Gasteiger partial charge in [-0.3, -0.25) is 4.98 Å². The second kappa shape index (κ2) is 8.14. The molecule has 1 heterocycles. The Morgan fingerprint density at radius 2 is 2.00 bits per heavy atom. The molecule has 0 aliphatic rings. The van der Waals surface area contributed by atoms with Crippen LogP contribution in [0.2, 0.25) is 0 Å². The number of nitrogens with one attached hydrogen (secondary N) is 2. The molecule has 0 fully saturated rings. The molecule has 0 unspecified atom stereocenters. The molecule has 0 saturated heterocycles. The highest BCUT2D eigenvalue weighted by atomic mass is 16.3. The van der Waals surface area contributed by atoms with Crippen molar-refractivity contribution in [2.45, 2.75) is 25.9 Å². The summed E-state index contributed by atoms with van der Waals surface area (Å²) in [5.74, 6) is 0. The molecule has 3 N–H and O–H groups in total. The van der Waals surface area contributed by atoms with E-state index in [0.717, 1.165) is 16.7 Å². The standard InChI is InChI=1S/C17H21N3O2/c1-13-7-15(10-18-9-13)11-19-17(22)20-16(12-21)8-14-5-3-2-4-6-14/h2-7,9-10,16,21H,8,11-12H2,1H3,(H2,19,20,22)/t16-/m0/s1. The second-order valence-corrected chi connectivity index (χ2v) is 5.27. The first-order chi connectivity index (χ1) is 10.7. The highest BCUT2D eigenvalue weighted by molar-refractivity contribution is 5.74. The molecule has 0 bridgehead atoms. The molecule has 2 rings (SSSR count). The third-order valence-corrected chi connectivity index (χ3v) is 3.27. The van der Waals surface area contributed by atoms with Gasteiger partial charge in [-0.25, -0.2) is 4.79 Å². The van der Waals surface area contributed by atoms with Gasteiger partial charge in [0.15, 0.2) is 0 Å². The van der Waals surface area contributed by atoms with Crippen LogP contribution in [0.25, 0.3) is 0 Å². The van der Waals surface area contributed by atoms with E-state index in [1.54, 1.807) is 12.4 Å². The number of carbonyl (C=O) groups excluding carboxylic acids is 1. The maximum atomic E-state index is 11.9. The lowest BCUT2D eigenvalue weighted by Crippen LogP contribution is -2.44. The number of rotatable bonds is 6. The van der Waals surface area contributed by atoms with E-state index in [1.165, 1.54) is 0 Å². The Morgan fingerprint density at radius 1 is 1.23 bits per heavy atom. The largest absolute Gasteiger partial charge is 0.394 e. The Bertz CT molecular complexity index is 602. The molecule has 1 aromatic carbocycles. The molecule has 2 amide bonds. The number of aromatic nitrogens is 1. The van der Waals surface area contributed by atoms with Gasteiger partial charge in [0.05, 0.1) is 12.6 Å². The lowest BCUT2D eigenvalue weighted by molar-refractivity contribution is 0.215. The van der Waals surface area contributed by atoms with Crippen LogP contribution in [0.5, 0.6) is 0 Å². The molecule has 5 nitrogen and oxygen atoms in total. The molecule has 1 atom stereocenters. The summed E-state index contributed by atoms with van der Waals surface area (Å²) in [5.41, 5.74) is 3.07. The second-order valence-electron chi connectivity index (χ2n) is 5.27. The van der Waals surface area contributed by atoms with Gasteiger partial charge in [0, 0.05) is 18.9 Å². The van der Waals surface area contributed by atoms with Gasteiger partial charge in [0.1, 0.15) is 0 Å². The fourth-order valence-electron chi connectivity index (χ4n) is 2.19. The van der Waals surface area contributed by atoms with E-state index < -0.39 is 0 Å². The summed E-state index contributed by atoms with van der Waals surface area (Å²) in [6, 6.07) is 11.1. The van der Waals surface area contributed by atoms with Crippen LogP contribution in [0.3, 0.4) is 0 Å². The Kier molecular flexibility index (Phi) is 5.91. The monoisotopic (exact) mass is 299 g/mol. The smallest absolute Gasteiger partial charge is 0.315 e. The molecule has 0 saturated carbocycles. The third-order valence-electron chi connectivity index (χ3n) is 3.27. The Hall–Kier alpha value is -2.40. The molecule has 1 aromatic heterocycles. The summed E-state index contributed by atoms with van der Waals surface area (Å²) in [6.45, 7) is 2.26. The van der Waals surface area contributed by atoms with Gasteiger partial charge in [-0.2, -0.15) is 0 Å². The summed E-state index contributed by atoms with van der Waals surface area (Å²) in [7, 11) is 0. The van der Waals surface area contributed by atoms with Crippen molar-refractivity contribution in [2.75, 3.05) is 6.61 Å². The van der Waals surface area contributed by atoms with Gasteiger partial charge in [-0.15, -0.1) is 0 Å². The maximum Gasteiger partial charge on any atom is 0.315 e. The lowest BCUT2D eigenvalue weighted by atomic mass is 10.1. The minimum atomic E-state index is -0.307. The van der Waals surface area contributed by atoms with Gasteiger partial charge < -0.3 is 15.7 Å². The number of benzene rings is 1. The van der Waals surface area contributed by atoms with Crippen LogP contribution in [-0.2, 0) is 13.0 Å². The van der Waals surface area contributed by atoms with Crippen molar-refractivity contribution < 1.29 is 9.90 Å². The average molecular weight is 299 g/mol. The molecular formula is C17H21N3O2. The van der Waals surface area contributed by atoms with E-state index in [-0.39, 0.29) is 18.7 Å². The van der Waals surface area contributed by atoms with Crippen molar-refractivity contribution in [3.8, 4) is 0 Å². The van der Waals surface area contributed by atoms with Crippen LogP contribution in [0.15, 0.2) is 48.8 Å². The molecule has 22 heavy (non-hydrogen) atoms. The zero-order chi connectivity index (χ0) is 15.8. The molecule has 0 radical (unpaired) electrons. The zero-order valence-corrected chi connectivity index (χ0v) is 12.6. The molecule has 0 aliphatic carbocycles. The van der Waals surface area contributed by atoms with Crippen LogP contribution in [0, 0.1) is 6.92 Å². The number of hydrogen-bond donors (Lipinski definition) is 3. The first kappa shape index (κ1) is 16.0. The number of aryl methyl sites for hydroxylation is 1. The number of aliphatic hydroxyl groups is 1. The number of amides is 2. The van der Waals surface area contributed by atoms with Gasteiger partial charge >= 0.3 is 6.03 Å². The number of hydrogen-bond acceptors (Lipinski definition) is 3. The van der Waals surface area contributed by atoms with E-state index in [4.69, 9.17) is 0 Å². The maximum absolute atomic E-state index is 11.9. The topological polar surface area (TPSA) is 74.2 Å². The van der Waals surface area contributed by atoms with Crippen molar-refractivity contribution in [3.05, 3.63) is 65.5 Å². The molecule has 0 aliphatic heterocycles. The van der Waals surface area contributed by atoms with E-state index in [2.05, 4.69) is 15.6 Å². The fraction of sp³-hybridized carbons (Fsp3) is 0.294. The van der Waals surface area contributed by atoms with Crippen LogP contribution in [0.4, 0.5) is 4.79 Å². The van der Waals surface area contributed by atoms with Crippen molar-refractivity contribution in [1.82, 2.24) is 15.6 Å². The SMILES string of the molecule is Cc1cncc(CNC(=O)N[C@H](CO)Cc2ccccc2)c1. The third kappa shape index (κ3) is 5.18. The first-order valence-electron chi connectivity index (χ1n) is 7.27. The summed E-state index contributed by atoms with van der Waals surface area (Å²) >= 11 is 0. The summed E-state index contributed by atoms with van der Waals surface area (Å²) in [5, 5.41) is 15.0. The fourth-order valence-corrected chi connectivity index (χ4v) is 2.19. The summed E-state index contributed by atoms with van der Waals surface area (Å²) < 4.78 is 0. The van der Waals surface area contributed by atoms with Crippen LogP contribution in [-0.4, -0.2) is 28.8 Å². The molecule has 5 heteroatoms. The Balaban J connectivity index is 1.82. The van der Waals surface area contributed by atoms with Crippen molar-refractivity contribution >= 4 is 6.03 Å². The van der Waals surface area contributed by atoms with Crippen LogP contribution < -0.4 is 10.6 Å².